The van der Waals surface area contributed by atoms with Crippen molar-refractivity contribution in [2.45, 2.75) is 26.6 Å². The van der Waals surface area contributed by atoms with Crippen LogP contribution in [0.4, 0.5) is 16.0 Å². The monoisotopic (exact) mass is 416 g/mol. The van der Waals surface area contributed by atoms with Crippen molar-refractivity contribution in [3.63, 3.8) is 0 Å². The fraction of sp³-hybridized carbons (Fsp3) is 0.333. The third-order valence-electron chi connectivity index (χ3n) is 4.87. The largest absolute Gasteiger partial charge is 0.472 e. The molecule has 0 fully saturated rings. The molecule has 0 radical (unpaired) electrons. The van der Waals surface area contributed by atoms with Crippen LogP contribution in [0.2, 0.25) is 5.02 Å². The first kappa shape index (κ1) is 17.9. The molecule has 4 aromatic heterocycles. The number of nitrogens with zero attached hydrogens (tertiary/aromatic N) is 7. The van der Waals surface area contributed by atoms with E-state index in [1.54, 1.807) is 26.3 Å². The lowest BCUT2D eigenvalue weighted by molar-refractivity contribution is 0.175. The lowest BCUT2D eigenvalue weighted by atomic mass is 10.3. The number of alkyl halides is 1. The number of ether oxygens (including phenoxy) is 1. The molecular formula is C18H18ClFN8O. The number of hydrogen-bond acceptors (Lipinski definition) is 6. The number of nitrogens with one attached hydrogen (secondary N) is 1. The van der Waals surface area contributed by atoms with Gasteiger partial charge in [-0.1, -0.05) is 11.6 Å². The molecule has 0 unspecified atom stereocenters. The zero-order valence-corrected chi connectivity index (χ0v) is 16.8. The van der Waals surface area contributed by atoms with Crippen LogP contribution in [0.5, 0.6) is 5.88 Å². The maximum Gasteiger partial charge on any atom is 0.257 e. The number of aryl methyl sites for hydroxylation is 2. The number of fused-ring (bicyclic) bond motifs is 2. The average Bonchev–Trinajstić information content (AvgIpc) is 3.27. The molecule has 0 aromatic carbocycles. The van der Waals surface area contributed by atoms with Crippen LogP contribution in [0.25, 0.3) is 16.9 Å². The normalized spacial score (nSPS) is 16.4. The Labute approximate surface area is 170 Å². The topological polar surface area (TPSA) is 87.6 Å². The van der Waals surface area contributed by atoms with E-state index in [0.29, 0.717) is 33.5 Å². The zero-order chi connectivity index (χ0) is 20.3. The highest BCUT2D eigenvalue weighted by atomic mass is 35.5. The minimum Gasteiger partial charge on any atom is -0.472 e. The van der Waals surface area contributed by atoms with E-state index in [2.05, 4.69) is 25.5 Å². The number of halogens is 2. The van der Waals surface area contributed by atoms with Crippen LogP contribution >= 0.6 is 11.6 Å². The minimum atomic E-state index is -1.27. The van der Waals surface area contributed by atoms with E-state index in [1.165, 1.54) is 0 Å². The molecule has 9 nitrogen and oxygen atoms in total. The summed E-state index contributed by atoms with van der Waals surface area (Å²) < 4.78 is 25.4. The number of aromatic nitrogens is 7. The van der Waals surface area contributed by atoms with Gasteiger partial charge in [0.15, 0.2) is 12.0 Å². The molecule has 29 heavy (non-hydrogen) atoms. The molecule has 1 atom stereocenters. The summed E-state index contributed by atoms with van der Waals surface area (Å²) in [5.41, 5.74) is 2.82. The molecule has 0 saturated heterocycles. The Morgan fingerprint density at radius 1 is 1.28 bits per heavy atom. The van der Waals surface area contributed by atoms with Gasteiger partial charge in [-0.05, 0) is 13.8 Å². The van der Waals surface area contributed by atoms with Gasteiger partial charge in [0.1, 0.15) is 17.9 Å². The second kappa shape index (κ2) is 6.45. The van der Waals surface area contributed by atoms with Crippen molar-refractivity contribution in [1.29, 1.82) is 0 Å². The van der Waals surface area contributed by atoms with Gasteiger partial charge >= 0.3 is 0 Å². The highest BCUT2D eigenvalue weighted by molar-refractivity contribution is 6.35. The van der Waals surface area contributed by atoms with E-state index in [0.717, 1.165) is 11.3 Å². The Kier molecular flexibility index (Phi) is 3.98. The van der Waals surface area contributed by atoms with Gasteiger partial charge in [0.25, 0.3) is 5.88 Å². The van der Waals surface area contributed by atoms with Crippen molar-refractivity contribution in [1.82, 2.24) is 34.1 Å². The summed E-state index contributed by atoms with van der Waals surface area (Å²) in [6, 6.07) is 0. The molecule has 0 amide bonds. The quantitative estimate of drug-likeness (QED) is 0.513. The average molecular weight is 417 g/mol. The summed E-state index contributed by atoms with van der Waals surface area (Å²) in [4.78, 5) is 8.88. The highest BCUT2D eigenvalue weighted by Crippen LogP contribution is 2.33. The molecular weight excluding hydrogens is 399 g/mol. The van der Waals surface area contributed by atoms with Crippen molar-refractivity contribution < 1.29 is 9.13 Å². The predicted molar refractivity (Wildman–Crippen MR) is 106 cm³/mol. The molecule has 11 heteroatoms. The van der Waals surface area contributed by atoms with Crippen LogP contribution in [0.3, 0.4) is 0 Å². The molecule has 150 valence electrons. The Morgan fingerprint density at radius 3 is 2.86 bits per heavy atom. The van der Waals surface area contributed by atoms with Crippen molar-refractivity contribution in [2.24, 2.45) is 7.05 Å². The molecule has 1 aliphatic rings. The van der Waals surface area contributed by atoms with Crippen LogP contribution in [-0.4, -0.2) is 46.9 Å². The van der Waals surface area contributed by atoms with Crippen LogP contribution < -0.4 is 10.1 Å². The smallest absolute Gasteiger partial charge is 0.257 e. The molecule has 0 spiro atoms. The Hall–Kier alpha value is -3.14. The van der Waals surface area contributed by atoms with E-state index in [4.69, 9.17) is 16.3 Å². The maximum atomic E-state index is 14.7. The third kappa shape index (κ3) is 2.91. The standard InChI is InChI=1S/C18H18ClFN8O/c1-9-5-26(3)24-15(9)28-10(2)14-17(25-28)29-8-11(20)6-27-7-13(19)12-4-21-18(22-14)23-16(12)27/h4-5,7,11H,6,8H2,1-3H3,(H,21,22,23)/t11-/m1/s1. The van der Waals surface area contributed by atoms with Gasteiger partial charge < -0.3 is 14.6 Å². The SMILES string of the molecule is Cc1cn(C)nc1-n1nc2c(c1C)Nc1ncc3c(Cl)cn(c3n1)C[C@@H](F)CO2. The molecule has 1 N–H and O–H groups in total. The van der Waals surface area contributed by atoms with Gasteiger partial charge in [0, 0.05) is 31.2 Å². The summed E-state index contributed by atoms with van der Waals surface area (Å²) >= 11 is 6.24. The molecule has 0 aliphatic carbocycles. The first-order valence-corrected chi connectivity index (χ1v) is 9.44. The lowest BCUT2D eigenvalue weighted by Crippen LogP contribution is -2.19. The first-order valence-electron chi connectivity index (χ1n) is 9.06. The van der Waals surface area contributed by atoms with Crippen molar-refractivity contribution >= 4 is 34.3 Å². The fourth-order valence-electron chi connectivity index (χ4n) is 3.51. The Morgan fingerprint density at radius 2 is 2.10 bits per heavy atom. The fourth-order valence-corrected chi connectivity index (χ4v) is 3.76. The highest BCUT2D eigenvalue weighted by Gasteiger charge is 2.24. The van der Waals surface area contributed by atoms with Crippen LogP contribution in [0, 0.1) is 13.8 Å². The minimum absolute atomic E-state index is 0.0635. The second-order valence-electron chi connectivity index (χ2n) is 7.08. The van der Waals surface area contributed by atoms with Gasteiger partial charge in [-0.25, -0.2) is 14.1 Å². The van der Waals surface area contributed by atoms with E-state index >= 15 is 0 Å². The van der Waals surface area contributed by atoms with E-state index < -0.39 is 6.17 Å². The molecule has 4 aromatic rings. The van der Waals surface area contributed by atoms with Crippen LogP contribution in [0.15, 0.2) is 18.6 Å². The zero-order valence-electron chi connectivity index (χ0n) is 16.0. The molecule has 2 bridgehead atoms. The number of rotatable bonds is 1. The maximum absolute atomic E-state index is 14.7. The Balaban J connectivity index is 1.66. The van der Waals surface area contributed by atoms with Gasteiger partial charge in [0.05, 0.1) is 22.6 Å². The van der Waals surface area contributed by atoms with Gasteiger partial charge in [0.2, 0.25) is 5.95 Å². The van der Waals surface area contributed by atoms with Crippen molar-refractivity contribution in [3.05, 3.63) is 34.9 Å². The van der Waals surface area contributed by atoms with Crippen molar-refractivity contribution in [3.8, 4) is 11.7 Å². The summed E-state index contributed by atoms with van der Waals surface area (Å²) in [7, 11) is 1.84. The van der Waals surface area contributed by atoms with Gasteiger partial charge in [-0.2, -0.15) is 10.1 Å². The third-order valence-corrected chi connectivity index (χ3v) is 5.17. The number of hydrogen-bond donors (Lipinski definition) is 1. The van der Waals surface area contributed by atoms with Crippen LogP contribution in [-0.2, 0) is 13.6 Å². The Bertz CT molecular complexity index is 1240. The molecule has 5 rings (SSSR count). The molecule has 5 heterocycles. The summed E-state index contributed by atoms with van der Waals surface area (Å²) in [6.07, 6.45) is 3.91. The second-order valence-corrected chi connectivity index (χ2v) is 7.49. The van der Waals surface area contributed by atoms with E-state index in [-0.39, 0.29) is 19.0 Å². The predicted octanol–water partition coefficient (Wildman–Crippen LogP) is 3.09. The summed E-state index contributed by atoms with van der Waals surface area (Å²) in [5.74, 6) is 1.28. The van der Waals surface area contributed by atoms with Gasteiger partial charge in [-0.15, -0.1) is 5.10 Å². The van der Waals surface area contributed by atoms with Gasteiger partial charge in [-0.3, -0.25) is 4.68 Å². The van der Waals surface area contributed by atoms with E-state index in [9.17, 15) is 4.39 Å². The molecule has 0 saturated carbocycles. The molecule has 1 aliphatic heterocycles. The lowest BCUT2D eigenvalue weighted by Gasteiger charge is -2.10. The van der Waals surface area contributed by atoms with Crippen molar-refractivity contribution in [2.75, 3.05) is 11.9 Å². The van der Waals surface area contributed by atoms with E-state index in [1.807, 2.05) is 27.1 Å². The number of anilines is 2. The summed E-state index contributed by atoms with van der Waals surface area (Å²) in [6.45, 7) is 3.73. The first-order chi connectivity index (χ1) is 13.9. The van der Waals surface area contributed by atoms with Crippen LogP contribution in [0.1, 0.15) is 11.3 Å². The summed E-state index contributed by atoms with van der Waals surface area (Å²) in [5, 5.41) is 13.3.